The van der Waals surface area contributed by atoms with Crippen LogP contribution in [0.4, 0.5) is 0 Å². The van der Waals surface area contributed by atoms with Crippen molar-refractivity contribution >= 4 is 0 Å². The van der Waals surface area contributed by atoms with Crippen LogP contribution in [0, 0.1) is 5.92 Å². The predicted molar refractivity (Wildman–Crippen MR) is 46.4 cm³/mol. The summed E-state index contributed by atoms with van der Waals surface area (Å²) in [5.41, 5.74) is 6.23. The van der Waals surface area contributed by atoms with Crippen LogP contribution in [0.25, 0.3) is 0 Å². The summed E-state index contributed by atoms with van der Waals surface area (Å²) in [5, 5.41) is 0. The van der Waals surface area contributed by atoms with E-state index in [9.17, 15) is 0 Å². The Labute approximate surface area is 68.7 Å². The van der Waals surface area contributed by atoms with E-state index in [2.05, 4.69) is 11.8 Å². The number of nitrogens with two attached hydrogens (primary N) is 1. The van der Waals surface area contributed by atoms with Gasteiger partial charge in [-0.3, -0.25) is 4.90 Å². The van der Waals surface area contributed by atoms with Gasteiger partial charge in [-0.05, 0) is 25.2 Å². The highest BCUT2D eigenvalue weighted by atomic mass is 15.3. The highest BCUT2D eigenvalue weighted by molar-refractivity contribution is 5.02. The summed E-state index contributed by atoms with van der Waals surface area (Å²) in [6, 6.07) is 0. The molecule has 0 unspecified atom stereocenters. The zero-order valence-electron chi connectivity index (χ0n) is 7.34. The van der Waals surface area contributed by atoms with E-state index >= 15 is 0 Å². The van der Waals surface area contributed by atoms with Crippen LogP contribution in [-0.2, 0) is 0 Å². The lowest BCUT2D eigenvalue weighted by atomic mass is 9.73. The van der Waals surface area contributed by atoms with Crippen LogP contribution in [0.2, 0.25) is 0 Å². The minimum Gasteiger partial charge on any atom is -0.329 e. The highest BCUT2D eigenvalue weighted by Crippen LogP contribution is 2.40. The Bertz CT molecular complexity index is 140. The quantitative estimate of drug-likeness (QED) is 0.638. The second-order valence-electron chi connectivity index (χ2n) is 4.29. The molecule has 0 aromatic heterocycles. The Hall–Kier alpha value is -0.0800. The van der Waals surface area contributed by atoms with Gasteiger partial charge in [0.2, 0.25) is 0 Å². The van der Waals surface area contributed by atoms with E-state index in [0.717, 1.165) is 12.5 Å². The summed E-state index contributed by atoms with van der Waals surface area (Å²) in [6.45, 7) is 5.77. The van der Waals surface area contributed by atoms with Gasteiger partial charge in [0.25, 0.3) is 0 Å². The van der Waals surface area contributed by atoms with Crippen molar-refractivity contribution in [3.05, 3.63) is 0 Å². The summed E-state index contributed by atoms with van der Waals surface area (Å²) in [5.74, 6) is 0.916. The summed E-state index contributed by atoms with van der Waals surface area (Å²) in [6.07, 6.45) is 4.08. The molecular weight excluding hydrogens is 136 g/mol. The first-order chi connectivity index (χ1) is 5.27. The molecule has 0 aromatic rings. The van der Waals surface area contributed by atoms with Gasteiger partial charge in [0.15, 0.2) is 0 Å². The molecule has 64 valence electrons. The molecule has 0 bridgehead atoms. The van der Waals surface area contributed by atoms with Gasteiger partial charge in [0.05, 0.1) is 0 Å². The normalized spacial score (nSPS) is 31.1. The van der Waals surface area contributed by atoms with Crippen LogP contribution in [0.15, 0.2) is 0 Å². The van der Waals surface area contributed by atoms with Crippen molar-refractivity contribution in [3.8, 4) is 0 Å². The summed E-state index contributed by atoms with van der Waals surface area (Å²) >= 11 is 0. The van der Waals surface area contributed by atoms with E-state index in [0.29, 0.717) is 5.54 Å². The highest BCUT2D eigenvalue weighted by Gasteiger charge is 2.45. The van der Waals surface area contributed by atoms with Crippen LogP contribution >= 0.6 is 0 Å². The number of nitrogens with zero attached hydrogens (tertiary/aromatic N) is 1. The van der Waals surface area contributed by atoms with Crippen molar-refractivity contribution in [2.24, 2.45) is 11.7 Å². The van der Waals surface area contributed by atoms with E-state index in [-0.39, 0.29) is 0 Å². The molecule has 1 saturated carbocycles. The number of hydrogen-bond donors (Lipinski definition) is 1. The van der Waals surface area contributed by atoms with E-state index in [4.69, 9.17) is 5.73 Å². The van der Waals surface area contributed by atoms with Gasteiger partial charge in [0, 0.05) is 25.2 Å². The van der Waals surface area contributed by atoms with Crippen molar-refractivity contribution in [1.29, 1.82) is 0 Å². The van der Waals surface area contributed by atoms with Gasteiger partial charge < -0.3 is 5.73 Å². The SMILES string of the molecule is CC1CN(C2(CN)CCC2)C1. The van der Waals surface area contributed by atoms with Crippen molar-refractivity contribution in [3.63, 3.8) is 0 Å². The van der Waals surface area contributed by atoms with Gasteiger partial charge in [-0.15, -0.1) is 0 Å². The van der Waals surface area contributed by atoms with Crippen LogP contribution < -0.4 is 5.73 Å². The minimum atomic E-state index is 0.451. The average Bonchev–Trinajstić information content (AvgIpc) is 1.83. The summed E-state index contributed by atoms with van der Waals surface area (Å²) in [4.78, 5) is 2.58. The second kappa shape index (κ2) is 2.46. The van der Waals surface area contributed by atoms with Gasteiger partial charge in [-0.2, -0.15) is 0 Å². The van der Waals surface area contributed by atoms with Gasteiger partial charge in [-0.1, -0.05) is 6.92 Å². The third-order valence-electron chi connectivity index (χ3n) is 3.40. The Morgan fingerprint density at radius 1 is 1.45 bits per heavy atom. The molecule has 0 spiro atoms. The van der Waals surface area contributed by atoms with Crippen LogP contribution in [0.3, 0.4) is 0 Å². The standard InChI is InChI=1S/C9H18N2/c1-8-5-11(6-8)9(7-10)3-2-4-9/h8H,2-7,10H2,1H3. The molecular formula is C9H18N2. The summed E-state index contributed by atoms with van der Waals surface area (Å²) in [7, 11) is 0. The zero-order valence-corrected chi connectivity index (χ0v) is 7.34. The van der Waals surface area contributed by atoms with Gasteiger partial charge >= 0.3 is 0 Å². The molecule has 2 fully saturated rings. The molecule has 0 aromatic carbocycles. The maximum absolute atomic E-state index is 5.78. The Balaban J connectivity index is 1.92. The number of rotatable bonds is 2. The van der Waals surface area contributed by atoms with Crippen molar-refractivity contribution in [2.45, 2.75) is 31.7 Å². The van der Waals surface area contributed by atoms with E-state index < -0.39 is 0 Å². The molecule has 0 amide bonds. The summed E-state index contributed by atoms with van der Waals surface area (Å²) < 4.78 is 0. The largest absolute Gasteiger partial charge is 0.329 e. The maximum Gasteiger partial charge on any atom is 0.0332 e. The molecule has 1 saturated heterocycles. The van der Waals surface area contributed by atoms with Crippen molar-refractivity contribution in [1.82, 2.24) is 4.90 Å². The molecule has 2 nitrogen and oxygen atoms in total. The van der Waals surface area contributed by atoms with Crippen LogP contribution in [0.1, 0.15) is 26.2 Å². The second-order valence-corrected chi connectivity index (χ2v) is 4.29. The zero-order chi connectivity index (χ0) is 7.90. The molecule has 0 atom stereocenters. The molecule has 1 heterocycles. The molecule has 2 N–H and O–H groups in total. The molecule has 1 aliphatic carbocycles. The lowest BCUT2D eigenvalue weighted by Crippen LogP contribution is -2.65. The average molecular weight is 154 g/mol. The molecule has 2 rings (SSSR count). The van der Waals surface area contributed by atoms with Crippen molar-refractivity contribution < 1.29 is 0 Å². The number of hydrogen-bond acceptors (Lipinski definition) is 2. The minimum absolute atomic E-state index is 0.451. The van der Waals surface area contributed by atoms with Gasteiger partial charge in [-0.25, -0.2) is 0 Å². The smallest absolute Gasteiger partial charge is 0.0332 e. The van der Waals surface area contributed by atoms with E-state index in [1.54, 1.807) is 0 Å². The monoisotopic (exact) mass is 154 g/mol. The lowest BCUT2D eigenvalue weighted by molar-refractivity contribution is -0.0509. The fraction of sp³-hybridized carbons (Fsp3) is 1.00. The first-order valence-corrected chi connectivity index (χ1v) is 4.72. The van der Waals surface area contributed by atoms with Crippen molar-refractivity contribution in [2.75, 3.05) is 19.6 Å². The molecule has 0 radical (unpaired) electrons. The maximum atomic E-state index is 5.78. The van der Waals surface area contributed by atoms with E-state index in [1.165, 1.54) is 32.4 Å². The fourth-order valence-corrected chi connectivity index (χ4v) is 2.32. The Morgan fingerprint density at radius 2 is 2.09 bits per heavy atom. The Morgan fingerprint density at radius 3 is 2.36 bits per heavy atom. The third kappa shape index (κ3) is 1.00. The van der Waals surface area contributed by atoms with E-state index in [1.807, 2.05) is 0 Å². The molecule has 1 aliphatic heterocycles. The lowest BCUT2D eigenvalue weighted by Gasteiger charge is -2.56. The van der Waals surface area contributed by atoms with Crippen LogP contribution in [0.5, 0.6) is 0 Å². The first-order valence-electron chi connectivity index (χ1n) is 4.72. The van der Waals surface area contributed by atoms with Crippen LogP contribution in [-0.4, -0.2) is 30.1 Å². The topological polar surface area (TPSA) is 29.3 Å². The predicted octanol–water partition coefficient (Wildman–Crippen LogP) is 0.819. The first kappa shape index (κ1) is 7.56. The fourth-order valence-electron chi connectivity index (χ4n) is 2.32. The molecule has 2 heteroatoms. The Kier molecular flexibility index (Phi) is 1.69. The number of likely N-dealkylation sites (tertiary alicyclic amines) is 1. The molecule has 11 heavy (non-hydrogen) atoms. The van der Waals surface area contributed by atoms with Gasteiger partial charge in [0.1, 0.15) is 0 Å². The third-order valence-corrected chi connectivity index (χ3v) is 3.40. The molecule has 2 aliphatic rings.